The van der Waals surface area contributed by atoms with E-state index in [9.17, 15) is 41.8 Å². The van der Waals surface area contributed by atoms with Gasteiger partial charge in [0.15, 0.2) is 5.82 Å². The number of hydrogen-bond acceptors (Lipinski definition) is 4. The standard InChI is InChI=1S/C17H10F9N5OS/c18-14-5-9(1-2-28-14)13(15(27)32)7-31-8-29-16(30-31)10-3-11(17(19,20)21)6-12(4-10)33(22,23,24,25)26/h1-8H,(H2,27,32)/b13-7+. The number of rotatable bonds is 5. The number of benzene rings is 1. The molecule has 2 N–H and O–H groups in total. The van der Waals surface area contributed by atoms with Crippen molar-refractivity contribution in [3.05, 3.63) is 59.9 Å². The van der Waals surface area contributed by atoms with Crippen LogP contribution in [0.5, 0.6) is 0 Å². The zero-order valence-corrected chi connectivity index (χ0v) is 16.5. The number of nitrogens with two attached hydrogens (primary N) is 1. The molecule has 0 saturated carbocycles. The highest BCUT2D eigenvalue weighted by Crippen LogP contribution is 3.02. The van der Waals surface area contributed by atoms with Crippen LogP contribution < -0.4 is 5.73 Å². The van der Waals surface area contributed by atoms with Gasteiger partial charge in [-0.3, -0.25) is 4.79 Å². The Morgan fingerprint density at radius 1 is 1.03 bits per heavy atom. The van der Waals surface area contributed by atoms with E-state index in [1.807, 2.05) is 0 Å². The SMILES string of the molecule is NC(=O)/C(=C/n1cnc(-c2cc(C(F)(F)F)cc(S(F)(F)(F)(F)F)c2)n1)c1ccnc(F)c1. The first-order valence-corrected chi connectivity index (χ1v) is 10.3. The zero-order valence-electron chi connectivity index (χ0n) is 15.7. The highest BCUT2D eigenvalue weighted by Gasteiger charge is 2.66. The van der Waals surface area contributed by atoms with Crippen LogP contribution in [0.1, 0.15) is 11.1 Å². The second-order valence-corrected chi connectivity index (χ2v) is 8.94. The van der Waals surface area contributed by atoms with E-state index in [1.54, 1.807) is 0 Å². The van der Waals surface area contributed by atoms with Crippen LogP contribution in [0.25, 0.3) is 23.2 Å². The van der Waals surface area contributed by atoms with E-state index in [2.05, 4.69) is 15.1 Å². The predicted molar refractivity (Wildman–Crippen MR) is 99.4 cm³/mol. The molecule has 16 heteroatoms. The molecule has 0 aliphatic heterocycles. The van der Waals surface area contributed by atoms with Gasteiger partial charge in [0.2, 0.25) is 5.95 Å². The van der Waals surface area contributed by atoms with Gasteiger partial charge in [-0.15, -0.1) is 5.10 Å². The Morgan fingerprint density at radius 3 is 2.24 bits per heavy atom. The summed E-state index contributed by atoms with van der Waals surface area (Å²) in [4.78, 5) is 15.7. The topological polar surface area (TPSA) is 86.7 Å². The summed E-state index contributed by atoms with van der Waals surface area (Å²) in [6.07, 6.45) is -2.78. The highest BCUT2D eigenvalue weighted by molar-refractivity contribution is 8.45. The average molecular weight is 503 g/mol. The molecule has 3 aromatic rings. The van der Waals surface area contributed by atoms with Crippen molar-refractivity contribution in [2.75, 3.05) is 0 Å². The van der Waals surface area contributed by atoms with E-state index in [0.29, 0.717) is 4.68 Å². The number of aromatic nitrogens is 4. The molecule has 0 saturated heterocycles. The third kappa shape index (κ3) is 5.63. The summed E-state index contributed by atoms with van der Waals surface area (Å²) in [5.74, 6) is -2.88. The Hall–Kier alpha value is -3.56. The number of amides is 1. The summed E-state index contributed by atoms with van der Waals surface area (Å²) in [5.41, 5.74) is 1.75. The summed E-state index contributed by atoms with van der Waals surface area (Å²) in [5, 5.41) is 3.59. The summed E-state index contributed by atoms with van der Waals surface area (Å²) in [6.45, 7) is 0. The average Bonchev–Trinajstić information content (AvgIpc) is 3.12. The lowest BCUT2D eigenvalue weighted by Gasteiger charge is -2.40. The minimum absolute atomic E-state index is 0.0747. The second-order valence-electron chi connectivity index (χ2n) is 6.54. The van der Waals surface area contributed by atoms with Crippen LogP contribution in [-0.4, -0.2) is 25.7 Å². The van der Waals surface area contributed by atoms with Crippen LogP contribution in [0.15, 0.2) is 47.8 Å². The van der Waals surface area contributed by atoms with E-state index in [-0.39, 0.29) is 23.3 Å². The molecule has 0 bridgehead atoms. The molecule has 6 nitrogen and oxygen atoms in total. The maximum atomic E-state index is 13.3. The quantitative estimate of drug-likeness (QED) is 0.278. The van der Waals surface area contributed by atoms with Crippen molar-refractivity contribution < 1.29 is 41.8 Å². The molecule has 1 amide bonds. The predicted octanol–water partition coefficient (Wildman–Crippen LogP) is 5.64. The maximum absolute atomic E-state index is 13.3. The maximum Gasteiger partial charge on any atom is 0.416 e. The van der Waals surface area contributed by atoms with Gasteiger partial charge < -0.3 is 5.73 Å². The molecule has 0 aliphatic carbocycles. The van der Waals surface area contributed by atoms with Crippen molar-refractivity contribution in [3.63, 3.8) is 0 Å². The monoisotopic (exact) mass is 503 g/mol. The Morgan fingerprint density at radius 2 is 1.70 bits per heavy atom. The number of nitrogens with zero attached hydrogens (tertiary/aromatic N) is 4. The van der Waals surface area contributed by atoms with Crippen molar-refractivity contribution in [1.82, 2.24) is 19.7 Å². The Bertz CT molecular complexity index is 1280. The molecule has 3 rings (SSSR count). The number of primary amides is 1. The Labute approximate surface area is 178 Å². The number of carbonyl (C=O) groups is 1. The molecule has 33 heavy (non-hydrogen) atoms. The van der Waals surface area contributed by atoms with Gasteiger partial charge in [0.05, 0.1) is 11.1 Å². The Kier molecular flexibility index (Phi) is 5.09. The van der Waals surface area contributed by atoms with E-state index in [0.717, 1.165) is 24.8 Å². The zero-order chi connectivity index (χ0) is 24.9. The molecule has 0 radical (unpaired) electrons. The molecule has 0 spiro atoms. The number of pyridine rings is 1. The fourth-order valence-corrected chi connectivity index (χ4v) is 3.27. The number of carbonyl (C=O) groups excluding carboxylic acids is 1. The first-order chi connectivity index (χ1) is 14.8. The Balaban J connectivity index is 2.14. The molecule has 0 unspecified atom stereocenters. The van der Waals surface area contributed by atoms with Gasteiger partial charge in [-0.05, 0) is 29.8 Å². The number of alkyl halides is 3. The minimum Gasteiger partial charge on any atom is -0.366 e. The van der Waals surface area contributed by atoms with Crippen LogP contribution in [-0.2, 0) is 11.0 Å². The van der Waals surface area contributed by atoms with Crippen LogP contribution in [0, 0.1) is 5.95 Å². The van der Waals surface area contributed by atoms with E-state index < -0.39 is 56.2 Å². The van der Waals surface area contributed by atoms with Crippen molar-refractivity contribution in [3.8, 4) is 11.4 Å². The lowest BCUT2D eigenvalue weighted by Crippen LogP contribution is -2.14. The van der Waals surface area contributed by atoms with Crippen LogP contribution >= 0.6 is 10.2 Å². The lowest BCUT2D eigenvalue weighted by atomic mass is 10.1. The molecule has 0 fully saturated rings. The number of hydrogen-bond donors (Lipinski definition) is 1. The molecule has 2 aromatic heterocycles. The fraction of sp³-hybridized carbons (Fsp3) is 0.0588. The number of halogens is 9. The van der Waals surface area contributed by atoms with Crippen molar-refractivity contribution in [2.45, 2.75) is 11.1 Å². The van der Waals surface area contributed by atoms with E-state index in [1.165, 1.54) is 6.07 Å². The molecule has 2 heterocycles. The van der Waals surface area contributed by atoms with Crippen LogP contribution in [0.2, 0.25) is 0 Å². The molecule has 0 aliphatic rings. The smallest absolute Gasteiger partial charge is 0.366 e. The molecule has 178 valence electrons. The van der Waals surface area contributed by atoms with Crippen molar-refractivity contribution >= 4 is 27.9 Å². The minimum atomic E-state index is -10.5. The van der Waals surface area contributed by atoms with Gasteiger partial charge in [0.25, 0.3) is 5.91 Å². The first-order valence-electron chi connectivity index (χ1n) is 8.35. The first kappa shape index (κ1) is 24.1. The fourth-order valence-electron chi connectivity index (χ4n) is 2.57. The summed E-state index contributed by atoms with van der Waals surface area (Å²) < 4.78 is 119. The van der Waals surface area contributed by atoms with Gasteiger partial charge in [0, 0.05) is 24.0 Å². The summed E-state index contributed by atoms with van der Waals surface area (Å²) >= 11 is 0. The highest BCUT2D eigenvalue weighted by atomic mass is 32.5. The van der Waals surface area contributed by atoms with Crippen molar-refractivity contribution in [2.24, 2.45) is 5.73 Å². The molecular formula is C17H10F9N5OS. The van der Waals surface area contributed by atoms with Crippen LogP contribution in [0.3, 0.4) is 0 Å². The largest absolute Gasteiger partial charge is 0.416 e. The molecule has 0 atom stereocenters. The molecule has 1 aromatic carbocycles. The van der Waals surface area contributed by atoms with Crippen molar-refractivity contribution in [1.29, 1.82) is 0 Å². The van der Waals surface area contributed by atoms with Gasteiger partial charge >= 0.3 is 16.4 Å². The van der Waals surface area contributed by atoms with Gasteiger partial charge in [-0.2, -0.15) is 17.6 Å². The summed E-state index contributed by atoms with van der Waals surface area (Å²) in [6, 6.07) is 1.25. The van der Waals surface area contributed by atoms with Gasteiger partial charge in [0.1, 0.15) is 11.2 Å². The third-order valence-corrected chi connectivity index (χ3v) is 5.14. The van der Waals surface area contributed by atoms with E-state index >= 15 is 0 Å². The van der Waals surface area contributed by atoms with Crippen LogP contribution in [0.4, 0.5) is 37.0 Å². The normalized spacial score (nSPS) is 15.1. The van der Waals surface area contributed by atoms with Gasteiger partial charge in [-0.25, -0.2) is 14.6 Å². The third-order valence-electron chi connectivity index (χ3n) is 4.01. The molecular weight excluding hydrogens is 493 g/mol. The second kappa shape index (κ2) is 6.97. The van der Waals surface area contributed by atoms with Gasteiger partial charge in [-0.1, -0.05) is 19.4 Å². The lowest BCUT2D eigenvalue weighted by molar-refractivity contribution is -0.137. The van der Waals surface area contributed by atoms with E-state index in [4.69, 9.17) is 5.73 Å². The summed E-state index contributed by atoms with van der Waals surface area (Å²) in [7, 11) is -10.5.